The summed E-state index contributed by atoms with van der Waals surface area (Å²) in [7, 11) is 0. The molecule has 18 heavy (non-hydrogen) atoms. The predicted molar refractivity (Wildman–Crippen MR) is 71.7 cm³/mol. The number of carbonyl (C=O) groups is 1. The maximum absolute atomic E-state index is 13.9. The molecule has 0 amide bonds. The molecule has 0 aliphatic carbocycles. The SMILES string of the molecule is Cc1cc(-c2ccc(Cl)cc2F)c(C)cc1C=O. The van der Waals surface area contributed by atoms with Crippen LogP contribution in [0, 0.1) is 19.7 Å². The number of rotatable bonds is 2. The van der Waals surface area contributed by atoms with Crippen molar-refractivity contribution in [3.8, 4) is 11.1 Å². The number of carbonyl (C=O) groups excluding carboxylic acids is 1. The highest BCUT2D eigenvalue weighted by Crippen LogP contribution is 2.29. The fraction of sp³-hybridized carbons (Fsp3) is 0.133. The van der Waals surface area contributed by atoms with Gasteiger partial charge in [0.05, 0.1) is 0 Å². The third-order valence-electron chi connectivity index (χ3n) is 2.96. The summed E-state index contributed by atoms with van der Waals surface area (Å²) in [6.07, 6.45) is 0.810. The molecular formula is C15H12ClFO. The summed E-state index contributed by atoms with van der Waals surface area (Å²) in [5.41, 5.74) is 3.61. The maximum atomic E-state index is 13.9. The number of hydrogen-bond acceptors (Lipinski definition) is 1. The van der Waals surface area contributed by atoms with Crippen molar-refractivity contribution >= 4 is 17.9 Å². The first kappa shape index (κ1) is 12.8. The van der Waals surface area contributed by atoms with Crippen LogP contribution >= 0.6 is 11.6 Å². The number of benzene rings is 2. The summed E-state index contributed by atoms with van der Waals surface area (Å²) >= 11 is 5.74. The molecule has 1 nitrogen and oxygen atoms in total. The molecule has 3 heteroatoms. The second-order valence-electron chi connectivity index (χ2n) is 4.27. The summed E-state index contributed by atoms with van der Waals surface area (Å²) in [6, 6.07) is 8.19. The molecule has 2 aromatic rings. The van der Waals surface area contributed by atoms with Gasteiger partial charge in [-0.25, -0.2) is 4.39 Å². The Kier molecular flexibility index (Phi) is 3.48. The van der Waals surface area contributed by atoms with Crippen LogP contribution in [0.2, 0.25) is 5.02 Å². The van der Waals surface area contributed by atoms with Gasteiger partial charge in [0, 0.05) is 16.1 Å². The molecule has 92 valence electrons. The normalized spacial score (nSPS) is 10.4. The lowest BCUT2D eigenvalue weighted by Crippen LogP contribution is -1.93. The quantitative estimate of drug-likeness (QED) is 0.724. The third-order valence-corrected chi connectivity index (χ3v) is 3.20. The molecule has 0 aromatic heterocycles. The van der Waals surface area contributed by atoms with Crippen LogP contribution < -0.4 is 0 Å². The van der Waals surface area contributed by atoms with Crippen LogP contribution in [0.5, 0.6) is 0 Å². The van der Waals surface area contributed by atoms with Crippen LogP contribution in [0.25, 0.3) is 11.1 Å². The Hall–Kier alpha value is -1.67. The van der Waals surface area contributed by atoms with Crippen molar-refractivity contribution in [1.29, 1.82) is 0 Å². The van der Waals surface area contributed by atoms with E-state index in [1.807, 2.05) is 19.9 Å². The molecule has 2 aromatic carbocycles. The van der Waals surface area contributed by atoms with E-state index < -0.39 is 0 Å². The Morgan fingerprint density at radius 3 is 2.39 bits per heavy atom. The lowest BCUT2D eigenvalue weighted by molar-refractivity contribution is 0.112. The third kappa shape index (κ3) is 2.29. The van der Waals surface area contributed by atoms with Crippen LogP contribution in [-0.4, -0.2) is 6.29 Å². The van der Waals surface area contributed by atoms with E-state index >= 15 is 0 Å². The summed E-state index contributed by atoms with van der Waals surface area (Å²) in [6.45, 7) is 3.69. The molecule has 0 atom stereocenters. The van der Waals surface area contributed by atoms with Gasteiger partial charge in [-0.1, -0.05) is 17.7 Å². The van der Waals surface area contributed by atoms with Gasteiger partial charge < -0.3 is 0 Å². The minimum Gasteiger partial charge on any atom is -0.298 e. The molecule has 0 saturated heterocycles. The molecule has 0 bridgehead atoms. The first-order valence-electron chi connectivity index (χ1n) is 5.55. The predicted octanol–water partition coefficient (Wildman–Crippen LogP) is 4.58. The second kappa shape index (κ2) is 4.91. The first-order chi connectivity index (χ1) is 8.52. The van der Waals surface area contributed by atoms with E-state index in [0.29, 0.717) is 16.1 Å². The molecule has 0 unspecified atom stereocenters. The Morgan fingerprint density at radius 1 is 1.06 bits per heavy atom. The molecule has 0 N–H and O–H groups in total. The molecule has 0 aliphatic rings. The Labute approximate surface area is 110 Å². The van der Waals surface area contributed by atoms with Crippen LogP contribution in [0.3, 0.4) is 0 Å². The van der Waals surface area contributed by atoms with Gasteiger partial charge in [0.25, 0.3) is 0 Å². The Bertz CT molecular complexity index is 620. The molecule has 0 saturated carbocycles. The molecule has 0 spiro atoms. The first-order valence-corrected chi connectivity index (χ1v) is 5.92. The van der Waals surface area contributed by atoms with Crippen LogP contribution in [0.1, 0.15) is 21.5 Å². The van der Waals surface area contributed by atoms with Crippen LogP contribution in [0.4, 0.5) is 4.39 Å². The van der Waals surface area contributed by atoms with Crippen molar-refractivity contribution in [3.63, 3.8) is 0 Å². The molecule has 0 heterocycles. The zero-order valence-corrected chi connectivity index (χ0v) is 10.9. The van der Waals surface area contributed by atoms with Crippen LogP contribution in [0.15, 0.2) is 30.3 Å². The largest absolute Gasteiger partial charge is 0.298 e. The van der Waals surface area contributed by atoms with E-state index in [0.717, 1.165) is 23.0 Å². The number of halogens is 2. The van der Waals surface area contributed by atoms with Gasteiger partial charge in [-0.15, -0.1) is 0 Å². The Morgan fingerprint density at radius 2 is 1.78 bits per heavy atom. The van der Waals surface area contributed by atoms with Gasteiger partial charge in [-0.2, -0.15) is 0 Å². The average Bonchev–Trinajstić information content (AvgIpc) is 2.32. The van der Waals surface area contributed by atoms with Crippen molar-refractivity contribution < 1.29 is 9.18 Å². The summed E-state index contributed by atoms with van der Waals surface area (Å²) in [5.74, 6) is -0.358. The lowest BCUT2D eigenvalue weighted by Gasteiger charge is -2.10. The van der Waals surface area contributed by atoms with Crippen molar-refractivity contribution in [2.24, 2.45) is 0 Å². The number of aldehydes is 1. The van der Waals surface area contributed by atoms with E-state index in [1.165, 1.54) is 6.07 Å². The van der Waals surface area contributed by atoms with E-state index in [9.17, 15) is 9.18 Å². The van der Waals surface area contributed by atoms with Gasteiger partial charge in [-0.3, -0.25) is 4.79 Å². The molecule has 0 fully saturated rings. The Balaban J connectivity index is 2.64. The highest BCUT2D eigenvalue weighted by Gasteiger charge is 2.10. The monoisotopic (exact) mass is 262 g/mol. The fourth-order valence-electron chi connectivity index (χ4n) is 1.96. The second-order valence-corrected chi connectivity index (χ2v) is 4.70. The van der Waals surface area contributed by atoms with Gasteiger partial charge in [-0.05, 0) is 54.8 Å². The number of aryl methyl sites for hydroxylation is 2. The fourth-order valence-corrected chi connectivity index (χ4v) is 2.12. The molecule has 0 radical (unpaired) electrons. The topological polar surface area (TPSA) is 17.1 Å². The minimum absolute atomic E-state index is 0.358. The van der Waals surface area contributed by atoms with Crippen LogP contribution in [-0.2, 0) is 0 Å². The smallest absolute Gasteiger partial charge is 0.150 e. The summed E-state index contributed by atoms with van der Waals surface area (Å²) in [5, 5.41) is 0.370. The average molecular weight is 263 g/mol. The minimum atomic E-state index is -0.358. The zero-order valence-electron chi connectivity index (χ0n) is 10.1. The van der Waals surface area contributed by atoms with Crippen molar-refractivity contribution in [3.05, 3.63) is 57.9 Å². The highest BCUT2D eigenvalue weighted by molar-refractivity contribution is 6.30. The van der Waals surface area contributed by atoms with E-state index in [-0.39, 0.29) is 5.82 Å². The summed E-state index contributed by atoms with van der Waals surface area (Å²) in [4.78, 5) is 10.8. The highest BCUT2D eigenvalue weighted by atomic mass is 35.5. The maximum Gasteiger partial charge on any atom is 0.150 e. The molecular weight excluding hydrogens is 251 g/mol. The summed E-state index contributed by atoms with van der Waals surface area (Å²) < 4.78 is 13.9. The lowest BCUT2D eigenvalue weighted by atomic mass is 9.95. The van der Waals surface area contributed by atoms with Gasteiger partial charge >= 0.3 is 0 Å². The van der Waals surface area contributed by atoms with Crippen molar-refractivity contribution in [2.45, 2.75) is 13.8 Å². The number of hydrogen-bond donors (Lipinski definition) is 0. The van der Waals surface area contributed by atoms with E-state index in [4.69, 9.17) is 11.6 Å². The van der Waals surface area contributed by atoms with Gasteiger partial charge in [0.15, 0.2) is 0 Å². The molecule has 0 aliphatic heterocycles. The standard InChI is InChI=1S/C15H12ClFO/c1-9-6-14(10(2)5-11(9)8-18)13-4-3-12(16)7-15(13)17/h3-8H,1-2H3. The van der Waals surface area contributed by atoms with Gasteiger partial charge in [0.1, 0.15) is 12.1 Å². The van der Waals surface area contributed by atoms with E-state index in [1.54, 1.807) is 18.2 Å². The zero-order chi connectivity index (χ0) is 13.3. The van der Waals surface area contributed by atoms with Crippen molar-refractivity contribution in [2.75, 3.05) is 0 Å². The van der Waals surface area contributed by atoms with Crippen molar-refractivity contribution in [1.82, 2.24) is 0 Å². The van der Waals surface area contributed by atoms with E-state index in [2.05, 4.69) is 0 Å². The van der Waals surface area contributed by atoms with Gasteiger partial charge in [0.2, 0.25) is 0 Å². The molecule has 2 rings (SSSR count).